The van der Waals surface area contributed by atoms with Gasteiger partial charge in [0, 0.05) is 18.7 Å². The number of likely N-dealkylation sites (tertiary alicyclic amines) is 1. The second kappa shape index (κ2) is 7.70. The van der Waals surface area contributed by atoms with Gasteiger partial charge in [0.25, 0.3) is 5.91 Å². The Hall–Kier alpha value is -3.02. The minimum atomic E-state index is -0.252. The van der Waals surface area contributed by atoms with Crippen molar-refractivity contribution >= 4 is 17.5 Å². The van der Waals surface area contributed by atoms with Crippen LogP contribution in [-0.4, -0.2) is 42.5 Å². The van der Waals surface area contributed by atoms with E-state index < -0.39 is 0 Å². The summed E-state index contributed by atoms with van der Waals surface area (Å²) in [6.07, 6.45) is 0.295. The van der Waals surface area contributed by atoms with E-state index in [1.54, 1.807) is 29.2 Å². The van der Waals surface area contributed by atoms with E-state index in [0.717, 1.165) is 5.75 Å². The summed E-state index contributed by atoms with van der Waals surface area (Å²) in [4.78, 5) is 26.1. The molecule has 3 N–H and O–H groups in total. The molecule has 25 heavy (non-hydrogen) atoms. The van der Waals surface area contributed by atoms with Gasteiger partial charge >= 0.3 is 0 Å². The van der Waals surface area contributed by atoms with Gasteiger partial charge < -0.3 is 20.7 Å². The van der Waals surface area contributed by atoms with Gasteiger partial charge in [-0.25, -0.2) is 0 Å². The van der Waals surface area contributed by atoms with Crippen molar-refractivity contribution in [3.8, 4) is 5.75 Å². The third kappa shape index (κ3) is 4.29. The van der Waals surface area contributed by atoms with Gasteiger partial charge in [0.1, 0.15) is 12.4 Å². The van der Waals surface area contributed by atoms with E-state index in [4.69, 9.17) is 10.5 Å². The molecule has 0 aromatic heterocycles. The molecule has 1 saturated heterocycles. The first-order chi connectivity index (χ1) is 12.1. The molecule has 0 saturated carbocycles. The van der Waals surface area contributed by atoms with Gasteiger partial charge in [-0.05, 0) is 24.3 Å². The Labute approximate surface area is 146 Å². The second-order valence-electron chi connectivity index (χ2n) is 5.96. The molecule has 1 unspecified atom stereocenters. The second-order valence-corrected chi connectivity index (χ2v) is 5.96. The highest BCUT2D eigenvalue weighted by Crippen LogP contribution is 2.15. The molecule has 1 atom stereocenters. The summed E-state index contributed by atoms with van der Waals surface area (Å²) in [5.41, 5.74) is 6.68. The fraction of sp³-hybridized carbons (Fsp3) is 0.263. The number of para-hydroxylation sites is 2. The number of hydrogen-bond donors (Lipinski definition) is 2. The van der Waals surface area contributed by atoms with E-state index in [1.165, 1.54) is 0 Å². The van der Waals surface area contributed by atoms with Crippen LogP contribution in [0, 0.1) is 0 Å². The standard InChI is InChI=1S/C19H21N3O3/c20-17-9-5-4-8-16(17)19(24)21-14-12-18(23)22(13-14)10-11-25-15-6-2-1-3-7-15/h1-9,14H,10-13,20H2,(H,21,24). The third-order valence-electron chi connectivity index (χ3n) is 4.13. The van der Waals surface area contributed by atoms with Crippen LogP contribution in [0.1, 0.15) is 16.8 Å². The fourth-order valence-electron chi connectivity index (χ4n) is 2.84. The summed E-state index contributed by atoms with van der Waals surface area (Å²) in [6.45, 7) is 1.39. The molecule has 130 valence electrons. The lowest BCUT2D eigenvalue weighted by Gasteiger charge is -2.17. The number of nitrogens with one attached hydrogen (secondary N) is 1. The lowest BCUT2D eigenvalue weighted by atomic mass is 10.1. The minimum Gasteiger partial charge on any atom is -0.492 e. The first kappa shape index (κ1) is 16.8. The Bertz CT molecular complexity index is 749. The summed E-state index contributed by atoms with van der Waals surface area (Å²) < 4.78 is 5.62. The number of anilines is 1. The number of benzene rings is 2. The quantitative estimate of drug-likeness (QED) is 0.784. The Morgan fingerprint density at radius 3 is 2.64 bits per heavy atom. The van der Waals surface area contributed by atoms with Crippen molar-refractivity contribution in [1.82, 2.24) is 10.2 Å². The lowest BCUT2D eigenvalue weighted by Crippen LogP contribution is -2.38. The lowest BCUT2D eigenvalue weighted by molar-refractivity contribution is -0.128. The number of amides is 2. The summed E-state index contributed by atoms with van der Waals surface area (Å²) in [6, 6.07) is 16.2. The molecular weight excluding hydrogens is 318 g/mol. The van der Waals surface area contributed by atoms with E-state index in [-0.39, 0.29) is 17.9 Å². The number of rotatable bonds is 6. The molecule has 1 fully saturated rings. The van der Waals surface area contributed by atoms with Crippen molar-refractivity contribution in [2.24, 2.45) is 0 Å². The maximum atomic E-state index is 12.3. The first-order valence-electron chi connectivity index (χ1n) is 8.24. The first-order valence-corrected chi connectivity index (χ1v) is 8.24. The number of carbonyl (C=O) groups is 2. The molecule has 6 heteroatoms. The van der Waals surface area contributed by atoms with Crippen LogP contribution < -0.4 is 15.8 Å². The van der Waals surface area contributed by atoms with Crippen LogP contribution >= 0.6 is 0 Å². The number of hydrogen-bond acceptors (Lipinski definition) is 4. The molecule has 0 bridgehead atoms. The number of nitrogens with zero attached hydrogens (tertiary/aromatic N) is 1. The van der Waals surface area contributed by atoms with Gasteiger partial charge in [-0.2, -0.15) is 0 Å². The molecule has 1 aliphatic rings. The van der Waals surface area contributed by atoms with Crippen LogP contribution in [-0.2, 0) is 4.79 Å². The maximum Gasteiger partial charge on any atom is 0.253 e. The smallest absolute Gasteiger partial charge is 0.253 e. The van der Waals surface area contributed by atoms with Gasteiger partial charge in [0.2, 0.25) is 5.91 Å². The molecule has 2 aromatic rings. The van der Waals surface area contributed by atoms with Gasteiger partial charge in [-0.3, -0.25) is 9.59 Å². The van der Waals surface area contributed by atoms with E-state index in [1.807, 2.05) is 30.3 Å². The fourth-order valence-corrected chi connectivity index (χ4v) is 2.84. The molecule has 0 radical (unpaired) electrons. The van der Waals surface area contributed by atoms with E-state index >= 15 is 0 Å². The highest BCUT2D eigenvalue weighted by Gasteiger charge is 2.30. The normalized spacial score (nSPS) is 16.7. The van der Waals surface area contributed by atoms with Crippen LogP contribution in [0.2, 0.25) is 0 Å². The number of nitrogen functional groups attached to an aromatic ring is 1. The topological polar surface area (TPSA) is 84.7 Å². The maximum absolute atomic E-state index is 12.3. The zero-order valence-corrected chi connectivity index (χ0v) is 13.9. The Morgan fingerprint density at radius 1 is 1.16 bits per heavy atom. The van der Waals surface area contributed by atoms with Gasteiger partial charge in [0.15, 0.2) is 0 Å². The van der Waals surface area contributed by atoms with Crippen LogP contribution in [0.15, 0.2) is 54.6 Å². The van der Waals surface area contributed by atoms with Crippen molar-refractivity contribution < 1.29 is 14.3 Å². The molecule has 0 spiro atoms. The predicted octanol–water partition coefficient (Wildman–Crippen LogP) is 1.68. The van der Waals surface area contributed by atoms with Crippen molar-refractivity contribution in [2.75, 3.05) is 25.4 Å². The highest BCUT2D eigenvalue weighted by atomic mass is 16.5. The monoisotopic (exact) mass is 339 g/mol. The SMILES string of the molecule is Nc1ccccc1C(=O)NC1CC(=O)N(CCOc2ccccc2)C1. The molecule has 2 amide bonds. The average molecular weight is 339 g/mol. The summed E-state index contributed by atoms with van der Waals surface area (Å²) in [7, 11) is 0. The highest BCUT2D eigenvalue weighted by molar-refractivity contribution is 5.99. The van der Waals surface area contributed by atoms with Gasteiger partial charge in [0.05, 0.1) is 18.2 Å². The van der Waals surface area contributed by atoms with Gasteiger partial charge in [-0.1, -0.05) is 30.3 Å². The molecule has 1 heterocycles. The largest absolute Gasteiger partial charge is 0.492 e. The van der Waals surface area contributed by atoms with Crippen molar-refractivity contribution in [2.45, 2.75) is 12.5 Å². The zero-order valence-electron chi connectivity index (χ0n) is 13.9. The van der Waals surface area contributed by atoms with E-state index in [2.05, 4.69) is 5.32 Å². The number of nitrogens with two attached hydrogens (primary N) is 1. The summed E-state index contributed by atoms with van der Waals surface area (Å²) >= 11 is 0. The third-order valence-corrected chi connectivity index (χ3v) is 4.13. The van der Waals surface area contributed by atoms with E-state index in [9.17, 15) is 9.59 Å². The van der Waals surface area contributed by atoms with E-state index in [0.29, 0.717) is 37.4 Å². The van der Waals surface area contributed by atoms with Crippen LogP contribution in [0.3, 0.4) is 0 Å². The summed E-state index contributed by atoms with van der Waals surface area (Å²) in [5.74, 6) is 0.542. The van der Waals surface area contributed by atoms with Crippen molar-refractivity contribution in [3.05, 3.63) is 60.2 Å². The molecule has 2 aromatic carbocycles. The molecule has 6 nitrogen and oxygen atoms in total. The Kier molecular flexibility index (Phi) is 5.18. The minimum absolute atomic E-state index is 0.0167. The molecule has 0 aliphatic carbocycles. The van der Waals surface area contributed by atoms with Crippen LogP contribution in [0.5, 0.6) is 5.75 Å². The van der Waals surface area contributed by atoms with Crippen molar-refractivity contribution in [3.63, 3.8) is 0 Å². The van der Waals surface area contributed by atoms with Crippen molar-refractivity contribution in [1.29, 1.82) is 0 Å². The Balaban J connectivity index is 1.49. The van der Waals surface area contributed by atoms with Gasteiger partial charge in [-0.15, -0.1) is 0 Å². The number of ether oxygens (including phenoxy) is 1. The predicted molar refractivity (Wildman–Crippen MR) is 95.2 cm³/mol. The Morgan fingerprint density at radius 2 is 1.88 bits per heavy atom. The summed E-state index contributed by atoms with van der Waals surface area (Å²) in [5, 5.41) is 2.88. The average Bonchev–Trinajstić information content (AvgIpc) is 2.95. The number of carbonyl (C=O) groups excluding carboxylic acids is 2. The van der Waals surface area contributed by atoms with Crippen LogP contribution in [0.25, 0.3) is 0 Å². The molecule has 3 rings (SSSR count). The molecular formula is C19H21N3O3. The zero-order chi connectivity index (χ0) is 17.6. The van der Waals surface area contributed by atoms with Crippen LogP contribution in [0.4, 0.5) is 5.69 Å². The molecule has 1 aliphatic heterocycles.